The summed E-state index contributed by atoms with van der Waals surface area (Å²) in [5.41, 5.74) is 2.21. The zero-order valence-electron chi connectivity index (χ0n) is 15.3. The number of fused-ring (bicyclic) bond motifs is 1. The molecule has 26 heavy (non-hydrogen) atoms. The highest BCUT2D eigenvalue weighted by molar-refractivity contribution is 7.16. The lowest BCUT2D eigenvalue weighted by Gasteiger charge is -2.19. The van der Waals surface area contributed by atoms with E-state index in [2.05, 4.69) is 11.6 Å². The van der Waals surface area contributed by atoms with Gasteiger partial charge in [0.2, 0.25) is 0 Å². The molecule has 0 bridgehead atoms. The highest BCUT2D eigenvalue weighted by Crippen LogP contribution is 2.32. The van der Waals surface area contributed by atoms with Gasteiger partial charge in [0, 0.05) is 11.4 Å². The Morgan fingerprint density at radius 1 is 1.35 bits per heavy atom. The number of carbonyl (C=O) groups is 1. The van der Waals surface area contributed by atoms with Crippen LogP contribution >= 0.6 is 11.3 Å². The molecule has 0 saturated heterocycles. The van der Waals surface area contributed by atoms with Crippen LogP contribution in [0, 0.1) is 6.92 Å². The van der Waals surface area contributed by atoms with Gasteiger partial charge in [0.15, 0.2) is 23.2 Å². The van der Waals surface area contributed by atoms with Gasteiger partial charge in [-0.25, -0.2) is 4.98 Å². The Morgan fingerprint density at radius 2 is 2.15 bits per heavy atom. The summed E-state index contributed by atoms with van der Waals surface area (Å²) in [4.78, 5) is 20.4. The van der Waals surface area contributed by atoms with Crippen molar-refractivity contribution in [3.05, 3.63) is 47.0 Å². The summed E-state index contributed by atoms with van der Waals surface area (Å²) in [5.74, 6) is 1.04. The fourth-order valence-electron chi connectivity index (χ4n) is 2.98. The summed E-state index contributed by atoms with van der Waals surface area (Å²) in [6.07, 6.45) is 6.13. The molecule has 0 aliphatic heterocycles. The average molecular weight is 372 g/mol. The van der Waals surface area contributed by atoms with Crippen molar-refractivity contribution in [3.63, 3.8) is 0 Å². The van der Waals surface area contributed by atoms with E-state index >= 15 is 0 Å². The smallest absolute Gasteiger partial charge is 0.266 e. The first-order valence-electron chi connectivity index (χ1n) is 8.79. The van der Waals surface area contributed by atoms with Crippen LogP contribution in [0.25, 0.3) is 0 Å². The van der Waals surface area contributed by atoms with Gasteiger partial charge in [-0.3, -0.25) is 9.69 Å². The van der Waals surface area contributed by atoms with Crippen molar-refractivity contribution >= 4 is 22.4 Å². The Balaban J connectivity index is 1.73. The SMILES string of the molecule is C=CCN(C(=O)COc1ccc(C)cc1OC)c1nc2c(s1)CCCC2. The molecule has 1 aliphatic rings. The Bertz CT molecular complexity index is 777. The van der Waals surface area contributed by atoms with Crippen molar-refractivity contribution in [3.8, 4) is 11.5 Å². The molecule has 0 unspecified atom stereocenters. The van der Waals surface area contributed by atoms with Gasteiger partial charge >= 0.3 is 0 Å². The monoisotopic (exact) mass is 372 g/mol. The lowest BCUT2D eigenvalue weighted by molar-refractivity contribution is -0.120. The van der Waals surface area contributed by atoms with E-state index in [1.807, 2.05) is 25.1 Å². The Morgan fingerprint density at radius 3 is 2.88 bits per heavy atom. The van der Waals surface area contributed by atoms with Crippen LogP contribution in [-0.2, 0) is 17.6 Å². The standard InChI is InChI=1S/C20H24N2O3S/c1-4-11-22(20-21-15-7-5-6-8-18(15)26-20)19(23)13-25-16-10-9-14(2)12-17(16)24-3/h4,9-10,12H,1,5-8,11,13H2,2-3H3. The molecular formula is C20H24N2O3S. The molecule has 1 aromatic carbocycles. The van der Waals surface area contributed by atoms with Crippen molar-refractivity contribution in [1.29, 1.82) is 0 Å². The van der Waals surface area contributed by atoms with Crippen molar-refractivity contribution < 1.29 is 14.3 Å². The van der Waals surface area contributed by atoms with E-state index in [9.17, 15) is 4.79 Å². The van der Waals surface area contributed by atoms with Gasteiger partial charge in [0.05, 0.1) is 12.8 Å². The third kappa shape index (κ3) is 4.07. The molecule has 0 spiro atoms. The van der Waals surface area contributed by atoms with Crippen molar-refractivity contribution in [2.45, 2.75) is 32.6 Å². The number of nitrogens with zero attached hydrogens (tertiary/aromatic N) is 2. The summed E-state index contributed by atoms with van der Waals surface area (Å²) < 4.78 is 11.1. The zero-order valence-corrected chi connectivity index (χ0v) is 16.1. The summed E-state index contributed by atoms with van der Waals surface area (Å²) in [6, 6.07) is 5.64. The van der Waals surface area contributed by atoms with E-state index in [-0.39, 0.29) is 12.5 Å². The molecule has 5 nitrogen and oxygen atoms in total. The molecule has 2 aromatic rings. The third-order valence-electron chi connectivity index (χ3n) is 4.35. The second-order valence-corrected chi connectivity index (χ2v) is 7.37. The Labute approximate surface area is 158 Å². The molecule has 1 heterocycles. The number of aromatic nitrogens is 1. The average Bonchev–Trinajstić information content (AvgIpc) is 3.08. The minimum atomic E-state index is -0.140. The lowest BCUT2D eigenvalue weighted by atomic mass is 10.0. The minimum absolute atomic E-state index is 0.0719. The number of benzene rings is 1. The molecule has 0 N–H and O–H groups in total. The molecular weight excluding hydrogens is 348 g/mol. The molecule has 3 rings (SSSR count). The van der Waals surface area contributed by atoms with Crippen LogP contribution in [0.1, 0.15) is 29.0 Å². The third-order valence-corrected chi connectivity index (χ3v) is 5.53. The van der Waals surface area contributed by atoms with Crippen LogP contribution in [0.15, 0.2) is 30.9 Å². The predicted octanol–water partition coefficient (Wildman–Crippen LogP) is 3.94. The van der Waals surface area contributed by atoms with Crippen LogP contribution in [0.4, 0.5) is 5.13 Å². The summed E-state index contributed by atoms with van der Waals surface area (Å²) in [7, 11) is 1.59. The van der Waals surface area contributed by atoms with E-state index in [1.54, 1.807) is 29.4 Å². The summed E-state index contributed by atoms with van der Waals surface area (Å²) in [5, 5.41) is 0.737. The molecule has 0 atom stereocenters. The van der Waals surface area contributed by atoms with Crippen LogP contribution < -0.4 is 14.4 Å². The molecule has 6 heteroatoms. The zero-order chi connectivity index (χ0) is 18.5. The number of carbonyl (C=O) groups excluding carboxylic acids is 1. The number of methoxy groups -OCH3 is 1. The van der Waals surface area contributed by atoms with Gasteiger partial charge in [-0.05, 0) is 50.3 Å². The number of anilines is 1. The summed E-state index contributed by atoms with van der Waals surface area (Å²) in [6.45, 7) is 6.09. The minimum Gasteiger partial charge on any atom is -0.493 e. The van der Waals surface area contributed by atoms with E-state index < -0.39 is 0 Å². The van der Waals surface area contributed by atoms with Crippen molar-refractivity contribution in [2.24, 2.45) is 0 Å². The lowest BCUT2D eigenvalue weighted by Crippen LogP contribution is -2.35. The van der Waals surface area contributed by atoms with Crippen molar-refractivity contribution in [2.75, 3.05) is 25.2 Å². The van der Waals surface area contributed by atoms with Gasteiger partial charge in [-0.15, -0.1) is 17.9 Å². The topological polar surface area (TPSA) is 51.7 Å². The molecule has 1 aromatic heterocycles. The molecule has 0 radical (unpaired) electrons. The van der Waals surface area contributed by atoms with E-state index in [1.165, 1.54) is 17.7 Å². The van der Waals surface area contributed by atoms with Crippen LogP contribution in [0.5, 0.6) is 11.5 Å². The number of hydrogen-bond acceptors (Lipinski definition) is 5. The maximum atomic E-state index is 12.8. The van der Waals surface area contributed by atoms with Crippen molar-refractivity contribution in [1.82, 2.24) is 4.98 Å². The molecule has 0 saturated carbocycles. The fourth-order valence-corrected chi connectivity index (χ4v) is 4.16. The number of rotatable bonds is 7. The number of ether oxygens (including phenoxy) is 2. The van der Waals surface area contributed by atoms with Crippen LogP contribution in [0.2, 0.25) is 0 Å². The largest absolute Gasteiger partial charge is 0.493 e. The maximum absolute atomic E-state index is 12.8. The summed E-state index contributed by atoms with van der Waals surface area (Å²) >= 11 is 1.61. The van der Waals surface area contributed by atoms with Gasteiger partial charge in [0.1, 0.15) is 0 Å². The number of aryl methyl sites for hydroxylation is 3. The number of thiazole rings is 1. The molecule has 1 amide bonds. The van der Waals surface area contributed by atoms with Gasteiger partial charge in [-0.2, -0.15) is 0 Å². The number of hydrogen-bond donors (Lipinski definition) is 0. The van der Waals surface area contributed by atoms with Crippen LogP contribution in [0.3, 0.4) is 0 Å². The fraction of sp³-hybridized carbons (Fsp3) is 0.400. The van der Waals surface area contributed by atoms with E-state index in [0.717, 1.165) is 29.2 Å². The molecule has 0 fully saturated rings. The van der Waals surface area contributed by atoms with Gasteiger partial charge in [0.25, 0.3) is 5.91 Å². The quantitative estimate of drug-likeness (QED) is 0.691. The highest BCUT2D eigenvalue weighted by Gasteiger charge is 2.23. The first kappa shape index (κ1) is 18.5. The molecule has 138 valence electrons. The van der Waals surface area contributed by atoms with Gasteiger partial charge < -0.3 is 9.47 Å². The van der Waals surface area contributed by atoms with E-state index in [0.29, 0.717) is 18.0 Å². The van der Waals surface area contributed by atoms with Crippen LogP contribution in [-0.4, -0.2) is 31.2 Å². The predicted molar refractivity (Wildman–Crippen MR) is 105 cm³/mol. The van der Waals surface area contributed by atoms with Gasteiger partial charge in [-0.1, -0.05) is 12.1 Å². The first-order chi connectivity index (χ1) is 12.6. The normalized spacial score (nSPS) is 13.0. The Kier molecular flexibility index (Phi) is 5.93. The highest BCUT2D eigenvalue weighted by atomic mass is 32.1. The Hall–Kier alpha value is -2.34. The second-order valence-electron chi connectivity index (χ2n) is 6.31. The van der Waals surface area contributed by atoms with E-state index in [4.69, 9.17) is 9.47 Å². The first-order valence-corrected chi connectivity index (χ1v) is 9.61. The second kappa shape index (κ2) is 8.36. The maximum Gasteiger partial charge on any atom is 0.266 e. The number of amides is 1. The molecule has 1 aliphatic carbocycles.